The Morgan fingerprint density at radius 3 is 2.52 bits per heavy atom. The summed E-state index contributed by atoms with van der Waals surface area (Å²) in [5.74, 6) is 2.28. The van der Waals surface area contributed by atoms with Crippen molar-refractivity contribution in [2.45, 2.75) is 77.7 Å². The molecule has 0 spiro atoms. The normalized spacial score (nSPS) is 34.0. The molecule has 1 aliphatic carbocycles. The van der Waals surface area contributed by atoms with Crippen LogP contribution in [0.1, 0.15) is 71.6 Å². The number of unbranched alkanes of at least 4 members (excludes halogenated alkanes) is 1. The van der Waals surface area contributed by atoms with E-state index in [1.807, 2.05) is 0 Å². The third kappa shape index (κ3) is 4.45. The molecule has 0 aromatic carbocycles. The minimum absolute atomic E-state index is 0.283. The van der Waals surface area contributed by atoms with E-state index in [0.717, 1.165) is 38.1 Å². The lowest BCUT2D eigenvalue weighted by atomic mass is 9.78. The molecule has 1 saturated carbocycles. The quantitative estimate of drug-likeness (QED) is 0.842. The average molecular weight is 294 g/mol. The van der Waals surface area contributed by atoms with Gasteiger partial charge in [0.15, 0.2) is 0 Å². The molecule has 2 aliphatic rings. The van der Waals surface area contributed by atoms with Crippen molar-refractivity contribution < 1.29 is 4.79 Å². The first kappa shape index (κ1) is 16.8. The zero-order chi connectivity index (χ0) is 15.2. The van der Waals surface area contributed by atoms with Crippen molar-refractivity contribution >= 4 is 5.91 Å². The van der Waals surface area contributed by atoms with Crippen LogP contribution in [0.4, 0.5) is 0 Å². The highest BCUT2D eigenvalue weighted by Crippen LogP contribution is 2.34. The van der Waals surface area contributed by atoms with Gasteiger partial charge in [-0.2, -0.15) is 0 Å². The van der Waals surface area contributed by atoms with Crippen LogP contribution >= 0.6 is 0 Å². The zero-order valence-corrected chi connectivity index (χ0v) is 14.0. The van der Waals surface area contributed by atoms with Gasteiger partial charge < -0.3 is 10.6 Å². The Balaban J connectivity index is 1.83. The van der Waals surface area contributed by atoms with Gasteiger partial charge in [-0.1, -0.05) is 33.1 Å². The Morgan fingerprint density at radius 1 is 1.19 bits per heavy atom. The molecule has 1 aliphatic heterocycles. The van der Waals surface area contributed by atoms with Crippen LogP contribution in [-0.4, -0.2) is 29.9 Å². The Morgan fingerprint density at radius 2 is 1.90 bits per heavy atom. The number of piperidine rings is 1. The standard InChI is InChI=1S/C18H34N2O/c1-3-4-5-15-6-8-16(9-7-15)18(21)20-11-10-14(2)12-17(20)13-19/h14-17H,3-13,19H2,1-2H3. The van der Waals surface area contributed by atoms with Crippen LogP contribution in [0.25, 0.3) is 0 Å². The monoisotopic (exact) mass is 294 g/mol. The van der Waals surface area contributed by atoms with Crippen molar-refractivity contribution in [1.82, 2.24) is 4.90 Å². The average Bonchev–Trinajstić information content (AvgIpc) is 2.52. The lowest BCUT2D eigenvalue weighted by molar-refractivity contribution is -0.141. The molecule has 0 aromatic rings. The van der Waals surface area contributed by atoms with Gasteiger partial charge in [-0.05, 0) is 50.4 Å². The molecule has 2 rings (SSSR count). The molecular weight excluding hydrogens is 260 g/mol. The van der Waals surface area contributed by atoms with Crippen LogP contribution in [0.3, 0.4) is 0 Å². The topological polar surface area (TPSA) is 46.3 Å². The van der Waals surface area contributed by atoms with Gasteiger partial charge in [-0.3, -0.25) is 4.79 Å². The van der Waals surface area contributed by atoms with Gasteiger partial charge >= 0.3 is 0 Å². The Labute approximate surface area is 130 Å². The molecule has 122 valence electrons. The van der Waals surface area contributed by atoms with Crippen molar-refractivity contribution in [2.24, 2.45) is 23.5 Å². The number of likely N-dealkylation sites (tertiary alicyclic amines) is 1. The summed E-state index contributed by atoms with van der Waals surface area (Å²) >= 11 is 0. The Bertz CT molecular complexity index is 323. The van der Waals surface area contributed by atoms with E-state index in [9.17, 15) is 4.79 Å². The second kappa shape index (κ2) is 8.17. The van der Waals surface area contributed by atoms with E-state index in [4.69, 9.17) is 5.73 Å². The third-order valence-corrected chi connectivity index (χ3v) is 5.70. The summed E-state index contributed by atoms with van der Waals surface area (Å²) in [7, 11) is 0. The number of amides is 1. The van der Waals surface area contributed by atoms with E-state index < -0.39 is 0 Å². The van der Waals surface area contributed by atoms with Crippen molar-refractivity contribution in [3.8, 4) is 0 Å². The van der Waals surface area contributed by atoms with Crippen molar-refractivity contribution in [3.05, 3.63) is 0 Å². The van der Waals surface area contributed by atoms with Gasteiger partial charge in [0.25, 0.3) is 0 Å². The lowest BCUT2D eigenvalue weighted by Gasteiger charge is -2.41. The number of nitrogens with two attached hydrogens (primary N) is 1. The first-order valence-electron chi connectivity index (χ1n) is 9.16. The maximum Gasteiger partial charge on any atom is 0.225 e. The fraction of sp³-hybridized carbons (Fsp3) is 0.944. The van der Waals surface area contributed by atoms with Crippen LogP contribution in [-0.2, 0) is 4.79 Å². The molecule has 2 N–H and O–H groups in total. The molecule has 0 bridgehead atoms. The number of hydrogen-bond acceptors (Lipinski definition) is 2. The van der Waals surface area contributed by atoms with Crippen LogP contribution in [0.2, 0.25) is 0 Å². The van der Waals surface area contributed by atoms with E-state index in [1.54, 1.807) is 0 Å². The number of hydrogen-bond donors (Lipinski definition) is 1. The Hall–Kier alpha value is -0.570. The van der Waals surface area contributed by atoms with Gasteiger partial charge in [0.1, 0.15) is 0 Å². The number of carbonyl (C=O) groups excluding carboxylic acids is 1. The summed E-state index contributed by atoms with van der Waals surface area (Å²) in [6.07, 6.45) is 11.0. The predicted molar refractivity (Wildman–Crippen MR) is 87.9 cm³/mol. The van der Waals surface area contributed by atoms with Crippen LogP contribution < -0.4 is 5.73 Å². The summed E-state index contributed by atoms with van der Waals surface area (Å²) in [6, 6.07) is 0.291. The van der Waals surface area contributed by atoms with E-state index in [-0.39, 0.29) is 5.92 Å². The van der Waals surface area contributed by atoms with Crippen molar-refractivity contribution in [1.29, 1.82) is 0 Å². The van der Waals surface area contributed by atoms with Gasteiger partial charge in [0, 0.05) is 25.0 Å². The van der Waals surface area contributed by atoms with Crippen LogP contribution in [0.5, 0.6) is 0 Å². The summed E-state index contributed by atoms with van der Waals surface area (Å²) in [5.41, 5.74) is 5.91. The molecule has 1 saturated heterocycles. The summed E-state index contributed by atoms with van der Waals surface area (Å²) in [4.78, 5) is 14.9. The fourth-order valence-corrected chi connectivity index (χ4v) is 4.19. The molecule has 1 amide bonds. The maximum atomic E-state index is 12.8. The maximum absolute atomic E-state index is 12.8. The van der Waals surface area contributed by atoms with Gasteiger partial charge in [-0.25, -0.2) is 0 Å². The highest BCUT2D eigenvalue weighted by atomic mass is 16.2. The highest BCUT2D eigenvalue weighted by molar-refractivity contribution is 5.79. The van der Waals surface area contributed by atoms with Crippen molar-refractivity contribution in [3.63, 3.8) is 0 Å². The number of nitrogens with zero attached hydrogens (tertiary/aromatic N) is 1. The summed E-state index contributed by atoms with van der Waals surface area (Å²) in [5, 5.41) is 0. The Kier molecular flexibility index (Phi) is 6.53. The second-order valence-corrected chi connectivity index (χ2v) is 7.41. The molecule has 0 aromatic heterocycles. The molecule has 0 radical (unpaired) electrons. The molecule has 2 fully saturated rings. The minimum Gasteiger partial charge on any atom is -0.338 e. The molecular formula is C18H34N2O. The number of rotatable bonds is 5. The first-order valence-corrected chi connectivity index (χ1v) is 9.16. The van der Waals surface area contributed by atoms with E-state index in [2.05, 4.69) is 18.7 Å². The third-order valence-electron chi connectivity index (χ3n) is 5.70. The first-order chi connectivity index (χ1) is 10.2. The fourth-order valence-electron chi connectivity index (χ4n) is 4.19. The molecule has 3 heteroatoms. The molecule has 2 unspecified atom stereocenters. The summed E-state index contributed by atoms with van der Waals surface area (Å²) in [6.45, 7) is 6.10. The van der Waals surface area contributed by atoms with Crippen LogP contribution in [0.15, 0.2) is 0 Å². The zero-order valence-electron chi connectivity index (χ0n) is 14.0. The number of carbonyl (C=O) groups is 1. The van der Waals surface area contributed by atoms with E-state index in [0.29, 0.717) is 24.4 Å². The second-order valence-electron chi connectivity index (χ2n) is 7.41. The molecule has 1 heterocycles. The SMILES string of the molecule is CCCCC1CCC(C(=O)N2CCC(C)CC2CN)CC1. The minimum atomic E-state index is 0.283. The molecule has 3 nitrogen and oxygen atoms in total. The summed E-state index contributed by atoms with van der Waals surface area (Å²) < 4.78 is 0. The van der Waals surface area contributed by atoms with E-state index >= 15 is 0 Å². The largest absolute Gasteiger partial charge is 0.338 e. The smallest absolute Gasteiger partial charge is 0.225 e. The highest BCUT2D eigenvalue weighted by Gasteiger charge is 2.34. The van der Waals surface area contributed by atoms with E-state index in [1.165, 1.54) is 32.1 Å². The lowest BCUT2D eigenvalue weighted by Crippen LogP contribution is -2.51. The van der Waals surface area contributed by atoms with Crippen molar-refractivity contribution in [2.75, 3.05) is 13.1 Å². The van der Waals surface area contributed by atoms with Crippen LogP contribution in [0, 0.1) is 17.8 Å². The molecule has 2 atom stereocenters. The van der Waals surface area contributed by atoms with Gasteiger partial charge in [0.2, 0.25) is 5.91 Å². The van der Waals surface area contributed by atoms with Gasteiger partial charge in [0.05, 0.1) is 0 Å². The molecule has 21 heavy (non-hydrogen) atoms. The van der Waals surface area contributed by atoms with Gasteiger partial charge in [-0.15, -0.1) is 0 Å². The predicted octanol–water partition coefficient (Wildman–Crippen LogP) is 3.57.